The van der Waals surface area contributed by atoms with Crippen LogP contribution < -0.4 is 15.8 Å². The van der Waals surface area contributed by atoms with E-state index in [4.69, 9.17) is 5.14 Å². The van der Waals surface area contributed by atoms with Crippen LogP contribution in [0.2, 0.25) is 0 Å². The van der Waals surface area contributed by atoms with Gasteiger partial charge in [0.1, 0.15) is 0 Å². The Kier molecular flexibility index (Phi) is 3.86. The summed E-state index contributed by atoms with van der Waals surface area (Å²) < 4.78 is 22.1. The van der Waals surface area contributed by atoms with Crippen LogP contribution >= 0.6 is 0 Å². The zero-order valence-corrected chi connectivity index (χ0v) is 9.54. The molecule has 1 rings (SSSR count). The predicted molar refractivity (Wildman–Crippen MR) is 59.1 cm³/mol. The van der Waals surface area contributed by atoms with Gasteiger partial charge in [-0.1, -0.05) is 12.1 Å². The molecule has 0 unspecified atom stereocenters. The van der Waals surface area contributed by atoms with Crippen molar-refractivity contribution in [3.05, 3.63) is 29.8 Å². The standard InChI is InChI=1S/C9H13N3O3S/c1-11-9(13)12-6-7-3-2-4-8(5-7)16(10,14)15/h2-5H,6H2,1H3,(H2,10,14,15)(H2,11,12,13). The molecular weight excluding hydrogens is 230 g/mol. The minimum absolute atomic E-state index is 0.0312. The zero-order chi connectivity index (χ0) is 12.2. The fourth-order valence-corrected chi connectivity index (χ4v) is 1.69. The minimum atomic E-state index is -3.70. The van der Waals surface area contributed by atoms with E-state index in [1.807, 2.05) is 0 Å². The van der Waals surface area contributed by atoms with Crippen molar-refractivity contribution < 1.29 is 13.2 Å². The molecule has 0 saturated carbocycles. The third kappa shape index (κ3) is 3.52. The molecule has 0 bridgehead atoms. The van der Waals surface area contributed by atoms with Crippen molar-refractivity contribution in [1.29, 1.82) is 0 Å². The number of amides is 2. The van der Waals surface area contributed by atoms with E-state index in [0.717, 1.165) is 0 Å². The number of urea groups is 1. The van der Waals surface area contributed by atoms with Gasteiger partial charge in [-0.05, 0) is 17.7 Å². The molecular formula is C9H13N3O3S. The molecule has 0 aliphatic rings. The van der Waals surface area contributed by atoms with Crippen LogP contribution in [0.15, 0.2) is 29.2 Å². The van der Waals surface area contributed by atoms with Crippen LogP contribution in [0.5, 0.6) is 0 Å². The first-order chi connectivity index (χ1) is 7.43. The summed E-state index contributed by atoms with van der Waals surface area (Å²) in [5.74, 6) is 0. The van der Waals surface area contributed by atoms with E-state index in [0.29, 0.717) is 5.56 Å². The molecule has 1 aromatic carbocycles. The van der Waals surface area contributed by atoms with Gasteiger partial charge in [0, 0.05) is 13.6 Å². The largest absolute Gasteiger partial charge is 0.341 e. The van der Waals surface area contributed by atoms with Crippen LogP contribution in [-0.4, -0.2) is 21.5 Å². The number of nitrogens with one attached hydrogen (secondary N) is 2. The summed E-state index contributed by atoms with van der Waals surface area (Å²) in [7, 11) is -2.20. The maximum absolute atomic E-state index is 11.1. The van der Waals surface area contributed by atoms with Gasteiger partial charge < -0.3 is 10.6 Å². The summed E-state index contributed by atoms with van der Waals surface area (Å²) in [5.41, 5.74) is 0.662. The molecule has 0 aliphatic heterocycles. The number of primary sulfonamides is 1. The van der Waals surface area contributed by atoms with E-state index in [2.05, 4.69) is 10.6 Å². The lowest BCUT2D eigenvalue weighted by Crippen LogP contribution is -2.32. The van der Waals surface area contributed by atoms with Crippen LogP contribution in [0.25, 0.3) is 0 Å². The normalized spacial score (nSPS) is 10.9. The van der Waals surface area contributed by atoms with Crippen molar-refractivity contribution >= 4 is 16.1 Å². The van der Waals surface area contributed by atoms with E-state index in [-0.39, 0.29) is 17.5 Å². The smallest absolute Gasteiger partial charge is 0.314 e. The molecule has 0 saturated heterocycles. The average molecular weight is 243 g/mol. The highest BCUT2D eigenvalue weighted by Crippen LogP contribution is 2.09. The monoisotopic (exact) mass is 243 g/mol. The fourth-order valence-electron chi connectivity index (χ4n) is 1.10. The first kappa shape index (κ1) is 12.5. The maximum atomic E-state index is 11.1. The molecule has 7 heteroatoms. The van der Waals surface area contributed by atoms with E-state index < -0.39 is 10.0 Å². The first-order valence-corrected chi connectivity index (χ1v) is 6.05. The Bertz CT molecular complexity index is 485. The number of rotatable bonds is 3. The molecule has 0 fully saturated rings. The Hall–Kier alpha value is -1.60. The van der Waals surface area contributed by atoms with Crippen molar-refractivity contribution in [1.82, 2.24) is 10.6 Å². The molecule has 6 nitrogen and oxygen atoms in total. The lowest BCUT2D eigenvalue weighted by molar-refractivity contribution is 0.242. The van der Waals surface area contributed by atoms with Crippen molar-refractivity contribution in [2.45, 2.75) is 11.4 Å². The van der Waals surface area contributed by atoms with E-state index in [9.17, 15) is 13.2 Å². The molecule has 0 atom stereocenters. The molecule has 0 aromatic heterocycles. The number of carbonyl (C=O) groups is 1. The second-order valence-corrected chi connectivity index (χ2v) is 4.69. The van der Waals surface area contributed by atoms with Gasteiger partial charge in [0.2, 0.25) is 10.0 Å². The van der Waals surface area contributed by atoms with E-state index >= 15 is 0 Å². The van der Waals surface area contributed by atoms with Crippen LogP contribution in [0.3, 0.4) is 0 Å². The van der Waals surface area contributed by atoms with Gasteiger partial charge in [0.25, 0.3) is 0 Å². The van der Waals surface area contributed by atoms with Gasteiger partial charge in [-0.2, -0.15) is 0 Å². The van der Waals surface area contributed by atoms with Gasteiger partial charge in [-0.25, -0.2) is 18.4 Å². The highest BCUT2D eigenvalue weighted by atomic mass is 32.2. The number of hydrogen-bond acceptors (Lipinski definition) is 3. The topological polar surface area (TPSA) is 101 Å². The molecule has 88 valence electrons. The summed E-state index contributed by atoms with van der Waals surface area (Å²) in [5, 5.41) is 9.91. The van der Waals surface area contributed by atoms with Gasteiger partial charge in [0.05, 0.1) is 4.90 Å². The van der Waals surface area contributed by atoms with Crippen LogP contribution in [0.4, 0.5) is 4.79 Å². The van der Waals surface area contributed by atoms with Gasteiger partial charge in [-0.15, -0.1) is 0 Å². The number of nitrogens with two attached hydrogens (primary N) is 1. The number of hydrogen-bond donors (Lipinski definition) is 3. The van der Waals surface area contributed by atoms with Gasteiger partial charge >= 0.3 is 6.03 Å². The SMILES string of the molecule is CNC(=O)NCc1cccc(S(N)(=O)=O)c1. The third-order valence-corrected chi connectivity index (χ3v) is 2.82. The number of benzene rings is 1. The lowest BCUT2D eigenvalue weighted by atomic mass is 10.2. The zero-order valence-electron chi connectivity index (χ0n) is 8.73. The highest BCUT2D eigenvalue weighted by Gasteiger charge is 2.07. The number of carbonyl (C=O) groups excluding carboxylic acids is 1. The van der Waals surface area contributed by atoms with Crippen LogP contribution in [0.1, 0.15) is 5.56 Å². The van der Waals surface area contributed by atoms with Gasteiger partial charge in [0.15, 0.2) is 0 Å². The summed E-state index contributed by atoms with van der Waals surface area (Å²) in [6.45, 7) is 0.239. The summed E-state index contributed by atoms with van der Waals surface area (Å²) in [6, 6.07) is 5.76. The molecule has 2 amide bonds. The average Bonchev–Trinajstić information content (AvgIpc) is 2.25. The van der Waals surface area contributed by atoms with Crippen molar-refractivity contribution in [2.75, 3.05) is 7.05 Å². The number of sulfonamides is 1. The second kappa shape index (κ2) is 4.95. The summed E-state index contributed by atoms with van der Waals surface area (Å²) >= 11 is 0. The fraction of sp³-hybridized carbons (Fsp3) is 0.222. The van der Waals surface area contributed by atoms with Crippen molar-refractivity contribution in [2.24, 2.45) is 5.14 Å². The van der Waals surface area contributed by atoms with Crippen LogP contribution in [-0.2, 0) is 16.6 Å². The third-order valence-electron chi connectivity index (χ3n) is 1.91. The Morgan fingerprint density at radius 3 is 2.69 bits per heavy atom. The summed E-state index contributed by atoms with van der Waals surface area (Å²) in [4.78, 5) is 10.9. The molecule has 1 aromatic rings. The second-order valence-electron chi connectivity index (χ2n) is 3.13. The molecule has 0 aliphatic carbocycles. The first-order valence-electron chi connectivity index (χ1n) is 4.51. The van der Waals surface area contributed by atoms with Gasteiger partial charge in [-0.3, -0.25) is 0 Å². The molecule has 4 N–H and O–H groups in total. The Labute approximate surface area is 93.9 Å². The molecule has 0 heterocycles. The maximum Gasteiger partial charge on any atom is 0.314 e. The predicted octanol–water partition coefficient (Wildman–Crippen LogP) is -0.237. The van der Waals surface area contributed by atoms with E-state index in [1.54, 1.807) is 12.1 Å². The van der Waals surface area contributed by atoms with Crippen LogP contribution in [0, 0.1) is 0 Å². The van der Waals surface area contributed by atoms with Crippen molar-refractivity contribution in [3.63, 3.8) is 0 Å². The van der Waals surface area contributed by atoms with Crippen molar-refractivity contribution in [3.8, 4) is 0 Å². The highest BCUT2D eigenvalue weighted by molar-refractivity contribution is 7.89. The quantitative estimate of drug-likeness (QED) is 0.683. The molecule has 0 radical (unpaired) electrons. The Morgan fingerprint density at radius 1 is 1.44 bits per heavy atom. The minimum Gasteiger partial charge on any atom is -0.341 e. The molecule has 16 heavy (non-hydrogen) atoms. The Balaban J connectivity index is 2.80. The molecule has 0 spiro atoms. The summed E-state index contributed by atoms with van der Waals surface area (Å²) in [6.07, 6.45) is 0. The van der Waals surface area contributed by atoms with E-state index in [1.165, 1.54) is 19.2 Å². The lowest BCUT2D eigenvalue weighted by Gasteiger charge is -2.05. The Morgan fingerprint density at radius 2 is 2.12 bits per heavy atom.